The van der Waals surface area contributed by atoms with Gasteiger partial charge in [-0.25, -0.2) is 9.48 Å². The minimum absolute atomic E-state index is 0.0975. The number of carbonyl (C=O) groups is 1. The third kappa shape index (κ3) is 2.98. The number of hydrogen-bond donors (Lipinski definition) is 0. The molecule has 0 fully saturated rings. The Morgan fingerprint density at radius 1 is 1.32 bits per heavy atom. The number of methoxy groups -OCH3 is 1. The Kier molecular flexibility index (Phi) is 3.99. The number of nitro benzene ring substituents is 1. The molecule has 22 heavy (non-hydrogen) atoms. The molecule has 0 aliphatic carbocycles. The average Bonchev–Trinajstić information content (AvgIpc) is 2.95. The lowest BCUT2D eigenvalue weighted by Crippen LogP contribution is -2.14. The average molecular weight is 303 g/mol. The zero-order chi connectivity index (χ0) is 16.5. The summed E-state index contributed by atoms with van der Waals surface area (Å²) in [7, 11) is 1.23. The topological polar surface area (TPSA) is 87.3 Å². The van der Waals surface area contributed by atoms with E-state index >= 15 is 0 Å². The Bertz CT molecular complexity index is 729. The predicted molar refractivity (Wildman–Crippen MR) is 80.3 cm³/mol. The van der Waals surface area contributed by atoms with Crippen molar-refractivity contribution in [2.45, 2.75) is 26.2 Å². The standard InChI is InChI=1S/C15H17N3O4/c1-15(2,3)13-7-8-17(16-13)12-6-5-10(18(20)21)9-11(12)14(19)22-4/h5-9H,1-4H3. The fraction of sp³-hybridized carbons (Fsp3) is 0.333. The van der Waals surface area contributed by atoms with Gasteiger partial charge in [0.2, 0.25) is 0 Å². The first-order chi connectivity index (χ1) is 10.2. The first-order valence-electron chi connectivity index (χ1n) is 6.67. The van der Waals surface area contributed by atoms with Gasteiger partial charge in [-0.1, -0.05) is 20.8 Å². The highest BCUT2D eigenvalue weighted by atomic mass is 16.6. The Balaban J connectivity index is 2.57. The first kappa shape index (κ1) is 15.7. The summed E-state index contributed by atoms with van der Waals surface area (Å²) in [6.07, 6.45) is 1.72. The van der Waals surface area contributed by atoms with Crippen LogP contribution in [0.4, 0.5) is 5.69 Å². The molecule has 0 bridgehead atoms. The molecule has 0 saturated heterocycles. The van der Waals surface area contributed by atoms with Gasteiger partial charge in [-0.2, -0.15) is 5.10 Å². The van der Waals surface area contributed by atoms with Crippen molar-refractivity contribution in [3.63, 3.8) is 0 Å². The third-order valence-electron chi connectivity index (χ3n) is 3.20. The normalized spacial score (nSPS) is 11.3. The van der Waals surface area contributed by atoms with E-state index in [2.05, 4.69) is 5.10 Å². The monoisotopic (exact) mass is 303 g/mol. The van der Waals surface area contributed by atoms with E-state index in [1.165, 1.54) is 30.0 Å². The molecule has 7 nitrogen and oxygen atoms in total. The maximum Gasteiger partial charge on any atom is 0.340 e. The number of nitrogens with zero attached hydrogens (tertiary/aromatic N) is 3. The van der Waals surface area contributed by atoms with Gasteiger partial charge in [0.05, 0.1) is 29.0 Å². The summed E-state index contributed by atoms with van der Waals surface area (Å²) >= 11 is 0. The minimum atomic E-state index is -0.647. The zero-order valence-electron chi connectivity index (χ0n) is 12.9. The molecule has 0 aliphatic heterocycles. The molecule has 0 radical (unpaired) electrons. The van der Waals surface area contributed by atoms with Crippen LogP contribution in [-0.2, 0) is 10.2 Å². The highest BCUT2D eigenvalue weighted by Gasteiger charge is 2.21. The molecule has 1 heterocycles. The van der Waals surface area contributed by atoms with Crippen molar-refractivity contribution < 1.29 is 14.5 Å². The lowest BCUT2D eigenvalue weighted by molar-refractivity contribution is -0.384. The second kappa shape index (κ2) is 5.59. The van der Waals surface area contributed by atoms with E-state index in [0.29, 0.717) is 5.69 Å². The predicted octanol–water partition coefficient (Wildman–Crippen LogP) is 2.86. The molecule has 116 valence electrons. The van der Waals surface area contributed by atoms with Crippen molar-refractivity contribution in [3.8, 4) is 5.69 Å². The van der Waals surface area contributed by atoms with Crippen LogP contribution in [0.15, 0.2) is 30.5 Å². The zero-order valence-corrected chi connectivity index (χ0v) is 12.9. The largest absolute Gasteiger partial charge is 0.465 e. The van der Waals surface area contributed by atoms with Crippen molar-refractivity contribution in [1.82, 2.24) is 9.78 Å². The van der Waals surface area contributed by atoms with Crippen LogP contribution < -0.4 is 0 Å². The van der Waals surface area contributed by atoms with E-state index < -0.39 is 10.9 Å². The van der Waals surface area contributed by atoms with Crippen LogP contribution in [0, 0.1) is 10.1 Å². The lowest BCUT2D eigenvalue weighted by atomic mass is 9.93. The Hall–Kier alpha value is -2.70. The molecule has 0 N–H and O–H groups in total. The molecule has 7 heteroatoms. The summed E-state index contributed by atoms with van der Waals surface area (Å²) in [6.45, 7) is 6.07. The van der Waals surface area contributed by atoms with Crippen LogP contribution in [0.2, 0.25) is 0 Å². The Morgan fingerprint density at radius 3 is 2.50 bits per heavy atom. The number of non-ortho nitro benzene ring substituents is 1. The second-order valence-corrected chi connectivity index (χ2v) is 5.85. The van der Waals surface area contributed by atoms with Crippen LogP contribution in [0.5, 0.6) is 0 Å². The van der Waals surface area contributed by atoms with Gasteiger partial charge in [0.1, 0.15) is 0 Å². The first-order valence-corrected chi connectivity index (χ1v) is 6.67. The molecule has 0 amide bonds. The van der Waals surface area contributed by atoms with Crippen LogP contribution in [0.25, 0.3) is 5.69 Å². The van der Waals surface area contributed by atoms with E-state index in [1.54, 1.807) is 6.20 Å². The number of rotatable bonds is 3. The minimum Gasteiger partial charge on any atom is -0.465 e. The van der Waals surface area contributed by atoms with E-state index in [4.69, 9.17) is 4.74 Å². The second-order valence-electron chi connectivity index (χ2n) is 5.85. The van der Waals surface area contributed by atoms with Crippen molar-refractivity contribution in [2.75, 3.05) is 7.11 Å². The van der Waals surface area contributed by atoms with Gasteiger partial charge in [-0.05, 0) is 12.1 Å². The molecule has 0 unspecified atom stereocenters. The smallest absolute Gasteiger partial charge is 0.340 e. The number of aromatic nitrogens is 2. The van der Waals surface area contributed by atoms with E-state index in [-0.39, 0.29) is 16.7 Å². The Labute approximate surface area is 127 Å². The van der Waals surface area contributed by atoms with Gasteiger partial charge in [0.25, 0.3) is 5.69 Å². The summed E-state index contributed by atoms with van der Waals surface area (Å²) in [5.41, 5.74) is 1.07. The van der Waals surface area contributed by atoms with Gasteiger partial charge in [0, 0.05) is 23.7 Å². The number of carbonyl (C=O) groups excluding carboxylic acids is 1. The summed E-state index contributed by atoms with van der Waals surface area (Å²) in [4.78, 5) is 22.2. The van der Waals surface area contributed by atoms with Crippen molar-refractivity contribution in [2.24, 2.45) is 0 Å². The number of hydrogen-bond acceptors (Lipinski definition) is 5. The molecule has 2 aromatic rings. The molecule has 0 spiro atoms. The molecular formula is C15H17N3O4. The fourth-order valence-electron chi connectivity index (χ4n) is 1.97. The maximum absolute atomic E-state index is 11.9. The van der Waals surface area contributed by atoms with E-state index in [0.717, 1.165) is 5.69 Å². The number of nitro groups is 1. The molecule has 2 rings (SSSR count). The molecule has 1 aromatic carbocycles. The van der Waals surface area contributed by atoms with Crippen LogP contribution in [-0.4, -0.2) is 27.8 Å². The molecule has 1 aromatic heterocycles. The SMILES string of the molecule is COC(=O)c1cc([N+](=O)[O-])ccc1-n1ccc(C(C)(C)C)n1. The molecule has 0 atom stereocenters. The highest BCUT2D eigenvalue weighted by molar-refractivity contribution is 5.94. The summed E-state index contributed by atoms with van der Waals surface area (Å²) in [6, 6.07) is 5.87. The highest BCUT2D eigenvalue weighted by Crippen LogP contribution is 2.24. The molecular weight excluding hydrogens is 286 g/mol. The van der Waals surface area contributed by atoms with Gasteiger partial charge in [-0.3, -0.25) is 10.1 Å². The van der Waals surface area contributed by atoms with E-state index in [9.17, 15) is 14.9 Å². The number of ether oxygens (including phenoxy) is 1. The van der Waals surface area contributed by atoms with Crippen molar-refractivity contribution in [3.05, 3.63) is 51.8 Å². The van der Waals surface area contributed by atoms with E-state index in [1.807, 2.05) is 26.8 Å². The van der Waals surface area contributed by atoms with Crippen LogP contribution in [0.3, 0.4) is 0 Å². The van der Waals surface area contributed by atoms with Gasteiger partial charge in [0.15, 0.2) is 0 Å². The van der Waals surface area contributed by atoms with Crippen LogP contribution in [0.1, 0.15) is 36.8 Å². The fourth-order valence-corrected chi connectivity index (χ4v) is 1.97. The number of benzene rings is 1. The maximum atomic E-state index is 11.9. The van der Waals surface area contributed by atoms with Gasteiger partial charge in [-0.15, -0.1) is 0 Å². The third-order valence-corrected chi connectivity index (χ3v) is 3.20. The van der Waals surface area contributed by atoms with Crippen molar-refractivity contribution in [1.29, 1.82) is 0 Å². The van der Waals surface area contributed by atoms with Crippen LogP contribution >= 0.6 is 0 Å². The van der Waals surface area contributed by atoms with Gasteiger partial charge < -0.3 is 4.74 Å². The summed E-state index contributed by atoms with van der Waals surface area (Å²) < 4.78 is 6.23. The Morgan fingerprint density at radius 2 is 2.00 bits per heavy atom. The number of esters is 1. The quantitative estimate of drug-likeness (QED) is 0.494. The molecule has 0 saturated carbocycles. The van der Waals surface area contributed by atoms with Gasteiger partial charge >= 0.3 is 5.97 Å². The lowest BCUT2D eigenvalue weighted by Gasteiger charge is -2.14. The summed E-state index contributed by atoms with van der Waals surface area (Å²) in [5.74, 6) is -0.647. The molecule has 0 aliphatic rings. The summed E-state index contributed by atoms with van der Waals surface area (Å²) in [5, 5.41) is 15.3. The van der Waals surface area contributed by atoms with Crippen molar-refractivity contribution >= 4 is 11.7 Å².